The molecule has 2 fully saturated rings. The number of aryl methyl sites for hydroxylation is 1. The molecule has 4 rings (SSSR count). The quantitative estimate of drug-likeness (QED) is 0.810. The van der Waals surface area contributed by atoms with E-state index >= 15 is 0 Å². The van der Waals surface area contributed by atoms with Crippen LogP contribution in [-0.4, -0.2) is 45.2 Å². The Hall–Kier alpha value is -1.37. The number of aromatic nitrogens is 3. The number of pyridine rings is 1. The lowest BCUT2D eigenvalue weighted by Crippen LogP contribution is -2.30. The maximum atomic E-state index is 13.3. The molecule has 28 heavy (non-hydrogen) atoms. The molecule has 0 spiro atoms. The molecule has 1 saturated carbocycles. The molecule has 0 aromatic carbocycles. The van der Waals surface area contributed by atoms with Crippen LogP contribution >= 0.6 is 24.8 Å². The standard InChI is InChI=1S/C20H29N5O.2ClH/c1-12-17-15(19(26)24-8-7-13(10-21)11-24)9-16(14-5-6-14)22-18(17)25(23-12)20(2,3)4;;/h9,13-14H,5-8,10-11,21H2,1-4H3;2*1H. The molecule has 1 aliphatic heterocycles. The Kier molecular flexibility index (Phi) is 6.68. The molecular formula is C20H31Cl2N5O. The number of carbonyl (C=O) groups is 1. The van der Waals surface area contributed by atoms with Crippen molar-refractivity contribution in [2.75, 3.05) is 19.6 Å². The number of fused-ring (bicyclic) bond motifs is 1. The fourth-order valence-corrected chi connectivity index (χ4v) is 3.91. The number of amides is 1. The van der Waals surface area contributed by atoms with Crippen molar-refractivity contribution in [3.05, 3.63) is 23.0 Å². The summed E-state index contributed by atoms with van der Waals surface area (Å²) >= 11 is 0. The molecule has 3 heterocycles. The van der Waals surface area contributed by atoms with Crippen molar-refractivity contribution in [2.24, 2.45) is 11.7 Å². The average Bonchev–Trinajstić information content (AvgIpc) is 3.23. The van der Waals surface area contributed by atoms with Crippen molar-refractivity contribution in [2.45, 2.75) is 58.4 Å². The van der Waals surface area contributed by atoms with E-state index in [-0.39, 0.29) is 36.3 Å². The average molecular weight is 428 g/mol. The smallest absolute Gasteiger partial charge is 0.254 e. The fraction of sp³-hybridized carbons (Fsp3) is 0.650. The van der Waals surface area contributed by atoms with Gasteiger partial charge in [-0.05, 0) is 65.5 Å². The fourth-order valence-electron chi connectivity index (χ4n) is 3.91. The Balaban J connectivity index is 0.00000140. The lowest BCUT2D eigenvalue weighted by molar-refractivity contribution is 0.0789. The normalized spacial score (nSPS) is 19.5. The van der Waals surface area contributed by atoms with E-state index in [0.717, 1.165) is 60.3 Å². The summed E-state index contributed by atoms with van der Waals surface area (Å²) in [5.74, 6) is 1.01. The van der Waals surface area contributed by atoms with Crippen molar-refractivity contribution in [3.8, 4) is 0 Å². The van der Waals surface area contributed by atoms with E-state index < -0.39 is 0 Å². The third-order valence-corrected chi connectivity index (χ3v) is 5.60. The van der Waals surface area contributed by atoms with E-state index in [2.05, 4.69) is 20.8 Å². The van der Waals surface area contributed by atoms with E-state index in [4.69, 9.17) is 15.8 Å². The predicted octanol–water partition coefficient (Wildman–Crippen LogP) is 3.64. The molecule has 2 N–H and O–H groups in total. The maximum absolute atomic E-state index is 13.3. The summed E-state index contributed by atoms with van der Waals surface area (Å²) < 4.78 is 1.98. The van der Waals surface area contributed by atoms with Crippen LogP contribution in [-0.2, 0) is 5.54 Å². The molecule has 1 amide bonds. The Morgan fingerprint density at radius 2 is 1.93 bits per heavy atom. The van der Waals surface area contributed by atoms with Gasteiger partial charge < -0.3 is 10.6 Å². The molecular weight excluding hydrogens is 397 g/mol. The lowest BCUT2D eigenvalue weighted by Gasteiger charge is -2.21. The van der Waals surface area contributed by atoms with Crippen LogP contribution in [0.5, 0.6) is 0 Å². The van der Waals surface area contributed by atoms with Gasteiger partial charge in [-0.2, -0.15) is 5.10 Å². The third-order valence-electron chi connectivity index (χ3n) is 5.60. The summed E-state index contributed by atoms with van der Waals surface area (Å²) in [5, 5.41) is 5.65. The number of hydrogen-bond acceptors (Lipinski definition) is 4. The van der Waals surface area contributed by atoms with Crippen molar-refractivity contribution < 1.29 is 4.79 Å². The Labute approximate surface area is 179 Å². The van der Waals surface area contributed by atoms with E-state index in [0.29, 0.717) is 18.4 Å². The van der Waals surface area contributed by atoms with Crippen molar-refractivity contribution in [1.29, 1.82) is 0 Å². The summed E-state index contributed by atoms with van der Waals surface area (Å²) in [7, 11) is 0. The molecule has 6 nitrogen and oxygen atoms in total. The van der Waals surface area contributed by atoms with Gasteiger partial charge in [0.25, 0.3) is 5.91 Å². The highest BCUT2D eigenvalue weighted by Crippen LogP contribution is 2.41. The zero-order chi connectivity index (χ0) is 18.6. The maximum Gasteiger partial charge on any atom is 0.254 e. The first kappa shape index (κ1) is 22.9. The minimum Gasteiger partial charge on any atom is -0.338 e. The SMILES string of the molecule is Cc1nn(C(C)(C)C)c2nc(C3CC3)cc(C(=O)N3CCC(CN)C3)c12.Cl.Cl. The van der Waals surface area contributed by atoms with Crippen LogP contribution in [0.4, 0.5) is 0 Å². The first-order chi connectivity index (χ1) is 12.3. The van der Waals surface area contributed by atoms with Crippen LogP contribution in [0.3, 0.4) is 0 Å². The highest BCUT2D eigenvalue weighted by Gasteiger charge is 2.33. The highest BCUT2D eigenvalue weighted by atomic mass is 35.5. The van der Waals surface area contributed by atoms with Crippen LogP contribution in [0.25, 0.3) is 11.0 Å². The van der Waals surface area contributed by atoms with Crippen molar-refractivity contribution >= 4 is 41.8 Å². The van der Waals surface area contributed by atoms with Gasteiger partial charge in [0.1, 0.15) is 0 Å². The minimum absolute atomic E-state index is 0. The van der Waals surface area contributed by atoms with E-state index in [1.165, 1.54) is 0 Å². The number of nitrogens with zero attached hydrogens (tertiary/aromatic N) is 4. The largest absolute Gasteiger partial charge is 0.338 e. The molecule has 0 bridgehead atoms. The summed E-state index contributed by atoms with van der Waals surface area (Å²) in [6.45, 7) is 10.5. The molecule has 8 heteroatoms. The summed E-state index contributed by atoms with van der Waals surface area (Å²) in [4.78, 5) is 20.2. The molecule has 2 aromatic heterocycles. The van der Waals surface area contributed by atoms with E-state index in [1.54, 1.807) is 0 Å². The summed E-state index contributed by atoms with van der Waals surface area (Å²) in [6, 6.07) is 2.03. The number of hydrogen-bond donors (Lipinski definition) is 1. The Bertz CT molecular complexity index is 870. The van der Waals surface area contributed by atoms with Gasteiger partial charge in [-0.25, -0.2) is 9.67 Å². The zero-order valence-electron chi connectivity index (χ0n) is 17.1. The van der Waals surface area contributed by atoms with Crippen LogP contribution in [0.1, 0.15) is 67.7 Å². The zero-order valence-corrected chi connectivity index (χ0v) is 18.7. The third kappa shape index (κ3) is 4.00. The highest BCUT2D eigenvalue weighted by molar-refractivity contribution is 6.06. The number of likely N-dealkylation sites (tertiary alicyclic amines) is 1. The molecule has 2 aromatic rings. The monoisotopic (exact) mass is 427 g/mol. The number of rotatable bonds is 3. The van der Waals surface area contributed by atoms with Gasteiger partial charge in [-0.15, -0.1) is 24.8 Å². The van der Waals surface area contributed by atoms with Gasteiger partial charge in [0.2, 0.25) is 0 Å². The molecule has 156 valence electrons. The van der Waals surface area contributed by atoms with E-state index in [1.807, 2.05) is 22.6 Å². The van der Waals surface area contributed by atoms with Gasteiger partial charge in [0.05, 0.1) is 22.2 Å². The first-order valence-electron chi connectivity index (χ1n) is 9.69. The molecule has 1 unspecified atom stereocenters. The van der Waals surface area contributed by atoms with Crippen LogP contribution in [0, 0.1) is 12.8 Å². The predicted molar refractivity (Wildman–Crippen MR) is 117 cm³/mol. The van der Waals surface area contributed by atoms with Gasteiger partial charge in [-0.1, -0.05) is 0 Å². The van der Waals surface area contributed by atoms with Crippen molar-refractivity contribution in [1.82, 2.24) is 19.7 Å². The number of halogens is 2. The second-order valence-corrected chi connectivity index (χ2v) is 8.88. The van der Waals surface area contributed by atoms with Gasteiger partial charge in [0.15, 0.2) is 5.65 Å². The van der Waals surface area contributed by atoms with Crippen LogP contribution in [0.2, 0.25) is 0 Å². The topological polar surface area (TPSA) is 77.0 Å². The molecule has 1 aliphatic carbocycles. The van der Waals surface area contributed by atoms with Crippen molar-refractivity contribution in [3.63, 3.8) is 0 Å². The molecule has 0 radical (unpaired) electrons. The Morgan fingerprint density at radius 3 is 2.46 bits per heavy atom. The molecule has 1 atom stereocenters. The second kappa shape index (κ2) is 8.17. The molecule has 2 aliphatic rings. The summed E-state index contributed by atoms with van der Waals surface area (Å²) in [5.41, 5.74) is 9.16. The minimum atomic E-state index is -0.180. The van der Waals surface area contributed by atoms with Gasteiger partial charge in [0, 0.05) is 24.7 Å². The Morgan fingerprint density at radius 1 is 1.25 bits per heavy atom. The number of carbonyl (C=O) groups excluding carboxylic acids is 1. The lowest BCUT2D eigenvalue weighted by atomic mass is 10.1. The first-order valence-corrected chi connectivity index (χ1v) is 9.69. The second-order valence-electron chi connectivity index (χ2n) is 8.88. The van der Waals surface area contributed by atoms with Crippen LogP contribution < -0.4 is 5.73 Å². The molecule has 1 saturated heterocycles. The number of nitrogens with two attached hydrogens (primary N) is 1. The van der Waals surface area contributed by atoms with Gasteiger partial charge >= 0.3 is 0 Å². The van der Waals surface area contributed by atoms with Gasteiger partial charge in [-0.3, -0.25) is 4.79 Å². The van der Waals surface area contributed by atoms with Crippen LogP contribution in [0.15, 0.2) is 6.07 Å². The summed E-state index contributed by atoms with van der Waals surface area (Å²) in [6.07, 6.45) is 3.31. The van der Waals surface area contributed by atoms with E-state index in [9.17, 15) is 4.79 Å².